The lowest BCUT2D eigenvalue weighted by Crippen LogP contribution is -2.15. The molecule has 0 aliphatic heterocycles. The Bertz CT molecular complexity index is 372. The topological polar surface area (TPSA) is 17.1 Å². The van der Waals surface area contributed by atoms with Gasteiger partial charge in [-0.3, -0.25) is 4.79 Å². The number of hydrogen-bond acceptors (Lipinski definition) is 1. The zero-order valence-electron chi connectivity index (χ0n) is 9.05. The molecular formula is C12H14Cl2O. The van der Waals surface area contributed by atoms with Gasteiger partial charge in [0.15, 0.2) is 0 Å². The van der Waals surface area contributed by atoms with E-state index < -0.39 is 0 Å². The van der Waals surface area contributed by atoms with E-state index in [0.717, 1.165) is 5.56 Å². The van der Waals surface area contributed by atoms with Crippen LogP contribution in [-0.2, 0) is 4.79 Å². The molecule has 3 heteroatoms. The second-order valence-electron chi connectivity index (χ2n) is 3.95. The lowest BCUT2D eigenvalue weighted by Gasteiger charge is -2.13. The summed E-state index contributed by atoms with van der Waals surface area (Å²) in [4.78, 5) is 11.8. The highest BCUT2D eigenvalue weighted by atomic mass is 35.5. The van der Waals surface area contributed by atoms with Gasteiger partial charge < -0.3 is 0 Å². The normalized spacial score (nSPS) is 12.9. The maximum atomic E-state index is 11.8. The van der Waals surface area contributed by atoms with E-state index in [1.165, 1.54) is 0 Å². The molecule has 0 saturated carbocycles. The number of hydrogen-bond donors (Lipinski definition) is 0. The standard InChI is InChI=1S/C12H14Cl2O/c1-7(2)12(15)8(3)9-4-5-10(13)11(14)6-9/h4-8H,1-3H3. The van der Waals surface area contributed by atoms with E-state index in [4.69, 9.17) is 23.2 Å². The Morgan fingerprint density at radius 1 is 1.13 bits per heavy atom. The summed E-state index contributed by atoms with van der Waals surface area (Å²) in [5, 5.41) is 1.02. The van der Waals surface area contributed by atoms with Gasteiger partial charge in [-0.15, -0.1) is 0 Å². The molecule has 0 fully saturated rings. The van der Waals surface area contributed by atoms with Gasteiger partial charge >= 0.3 is 0 Å². The highest BCUT2D eigenvalue weighted by Crippen LogP contribution is 2.27. The summed E-state index contributed by atoms with van der Waals surface area (Å²) in [6, 6.07) is 5.33. The van der Waals surface area contributed by atoms with Crippen LogP contribution < -0.4 is 0 Å². The third kappa shape index (κ3) is 2.96. The molecule has 0 aliphatic rings. The molecule has 82 valence electrons. The van der Waals surface area contributed by atoms with Crippen molar-refractivity contribution < 1.29 is 4.79 Å². The number of carbonyl (C=O) groups excluding carboxylic acids is 1. The first kappa shape index (κ1) is 12.5. The Morgan fingerprint density at radius 3 is 2.20 bits per heavy atom. The summed E-state index contributed by atoms with van der Waals surface area (Å²) < 4.78 is 0. The quantitative estimate of drug-likeness (QED) is 0.774. The molecule has 0 heterocycles. The first-order valence-electron chi connectivity index (χ1n) is 4.92. The van der Waals surface area contributed by atoms with Crippen LogP contribution >= 0.6 is 23.2 Å². The lowest BCUT2D eigenvalue weighted by molar-refractivity contribution is -0.123. The second-order valence-corrected chi connectivity index (χ2v) is 4.77. The Balaban J connectivity index is 2.97. The summed E-state index contributed by atoms with van der Waals surface area (Å²) in [5.41, 5.74) is 0.920. The first-order chi connectivity index (χ1) is 6.93. The van der Waals surface area contributed by atoms with Crippen LogP contribution in [-0.4, -0.2) is 5.78 Å². The summed E-state index contributed by atoms with van der Waals surface area (Å²) >= 11 is 11.7. The molecule has 0 radical (unpaired) electrons. The fourth-order valence-electron chi connectivity index (χ4n) is 1.45. The van der Waals surface area contributed by atoms with E-state index in [-0.39, 0.29) is 17.6 Å². The van der Waals surface area contributed by atoms with Crippen molar-refractivity contribution in [2.24, 2.45) is 5.92 Å². The lowest BCUT2D eigenvalue weighted by atomic mass is 9.91. The third-order valence-corrected chi connectivity index (χ3v) is 3.18. The number of ketones is 1. The highest BCUT2D eigenvalue weighted by molar-refractivity contribution is 6.42. The van der Waals surface area contributed by atoms with Crippen LogP contribution in [0.1, 0.15) is 32.3 Å². The van der Waals surface area contributed by atoms with E-state index in [1.807, 2.05) is 26.8 Å². The van der Waals surface area contributed by atoms with Gasteiger partial charge in [-0.2, -0.15) is 0 Å². The van der Waals surface area contributed by atoms with Crippen LogP contribution in [0, 0.1) is 5.92 Å². The van der Waals surface area contributed by atoms with Crippen molar-refractivity contribution in [3.8, 4) is 0 Å². The fraction of sp³-hybridized carbons (Fsp3) is 0.417. The molecule has 1 unspecified atom stereocenters. The van der Waals surface area contributed by atoms with Crippen LogP contribution in [0.2, 0.25) is 10.0 Å². The molecule has 0 aliphatic carbocycles. The van der Waals surface area contributed by atoms with Crippen molar-refractivity contribution >= 4 is 29.0 Å². The van der Waals surface area contributed by atoms with Crippen molar-refractivity contribution in [2.75, 3.05) is 0 Å². The van der Waals surface area contributed by atoms with E-state index in [9.17, 15) is 4.79 Å². The first-order valence-corrected chi connectivity index (χ1v) is 5.67. The molecule has 0 bridgehead atoms. The van der Waals surface area contributed by atoms with Crippen molar-refractivity contribution in [1.29, 1.82) is 0 Å². The smallest absolute Gasteiger partial charge is 0.142 e. The van der Waals surface area contributed by atoms with Gasteiger partial charge in [0.1, 0.15) is 5.78 Å². The minimum absolute atomic E-state index is 0.0365. The van der Waals surface area contributed by atoms with E-state index in [0.29, 0.717) is 10.0 Å². The van der Waals surface area contributed by atoms with Crippen LogP contribution in [0.3, 0.4) is 0 Å². The monoisotopic (exact) mass is 244 g/mol. The average Bonchev–Trinajstić information content (AvgIpc) is 2.19. The van der Waals surface area contributed by atoms with Crippen molar-refractivity contribution in [1.82, 2.24) is 0 Å². The van der Waals surface area contributed by atoms with Crippen molar-refractivity contribution in [3.63, 3.8) is 0 Å². The van der Waals surface area contributed by atoms with Gasteiger partial charge in [-0.1, -0.05) is 50.0 Å². The van der Waals surface area contributed by atoms with Crippen molar-refractivity contribution in [3.05, 3.63) is 33.8 Å². The molecule has 0 saturated heterocycles. The zero-order valence-corrected chi connectivity index (χ0v) is 10.6. The highest BCUT2D eigenvalue weighted by Gasteiger charge is 2.18. The van der Waals surface area contributed by atoms with E-state index in [2.05, 4.69) is 0 Å². The van der Waals surface area contributed by atoms with E-state index >= 15 is 0 Å². The molecular weight excluding hydrogens is 231 g/mol. The van der Waals surface area contributed by atoms with Gasteiger partial charge in [0.2, 0.25) is 0 Å². The van der Waals surface area contributed by atoms with Gasteiger partial charge in [-0.25, -0.2) is 0 Å². The third-order valence-electron chi connectivity index (χ3n) is 2.44. The predicted molar refractivity (Wildman–Crippen MR) is 64.7 cm³/mol. The molecule has 1 rings (SSSR count). The fourth-order valence-corrected chi connectivity index (χ4v) is 1.75. The Hall–Kier alpha value is -0.530. The van der Waals surface area contributed by atoms with Crippen LogP contribution in [0.25, 0.3) is 0 Å². The van der Waals surface area contributed by atoms with Gasteiger partial charge in [0, 0.05) is 11.8 Å². The largest absolute Gasteiger partial charge is 0.299 e. The Labute approximate surface area is 100 Å². The number of Topliss-reactive ketones (excluding diaryl/α,β-unsaturated/α-hetero) is 1. The molecule has 1 nitrogen and oxygen atoms in total. The molecule has 1 aromatic carbocycles. The van der Waals surface area contributed by atoms with Gasteiger partial charge in [0.25, 0.3) is 0 Å². The zero-order chi connectivity index (χ0) is 11.6. The number of benzene rings is 1. The minimum Gasteiger partial charge on any atom is -0.299 e. The molecule has 0 amide bonds. The predicted octanol–water partition coefficient (Wildman–Crippen LogP) is 4.32. The van der Waals surface area contributed by atoms with Gasteiger partial charge in [-0.05, 0) is 17.7 Å². The van der Waals surface area contributed by atoms with Gasteiger partial charge in [0.05, 0.1) is 10.0 Å². The summed E-state index contributed by atoms with van der Waals surface area (Å²) in [7, 11) is 0. The SMILES string of the molecule is CC(C)C(=O)C(C)c1ccc(Cl)c(Cl)c1. The van der Waals surface area contributed by atoms with Crippen molar-refractivity contribution in [2.45, 2.75) is 26.7 Å². The van der Waals surface area contributed by atoms with Crippen LogP contribution in [0.15, 0.2) is 18.2 Å². The average molecular weight is 245 g/mol. The maximum absolute atomic E-state index is 11.8. The summed E-state index contributed by atoms with van der Waals surface area (Å²) in [5.74, 6) is 0.127. The number of halogens is 2. The Kier molecular flexibility index (Phi) is 4.18. The molecule has 0 N–H and O–H groups in total. The summed E-state index contributed by atoms with van der Waals surface area (Å²) in [6.07, 6.45) is 0. The molecule has 0 aromatic heterocycles. The summed E-state index contributed by atoms with van der Waals surface area (Å²) in [6.45, 7) is 5.69. The van der Waals surface area contributed by atoms with E-state index in [1.54, 1.807) is 12.1 Å². The molecule has 1 atom stereocenters. The van der Waals surface area contributed by atoms with Crippen LogP contribution in [0.5, 0.6) is 0 Å². The second kappa shape index (κ2) is 5.00. The minimum atomic E-state index is -0.125. The Morgan fingerprint density at radius 2 is 1.73 bits per heavy atom. The molecule has 0 spiro atoms. The maximum Gasteiger partial charge on any atom is 0.142 e. The molecule has 15 heavy (non-hydrogen) atoms. The molecule has 1 aromatic rings. The number of carbonyl (C=O) groups is 1. The number of rotatable bonds is 3. The van der Waals surface area contributed by atoms with Crippen LogP contribution in [0.4, 0.5) is 0 Å².